The van der Waals surface area contributed by atoms with E-state index in [1.165, 1.54) is 17.7 Å². The van der Waals surface area contributed by atoms with Crippen LogP contribution in [0, 0.1) is 0 Å². The number of hydrogen-bond donors (Lipinski definition) is 1. The molecule has 2 aromatic carbocycles. The zero-order valence-corrected chi connectivity index (χ0v) is 18.9. The predicted octanol–water partition coefficient (Wildman–Crippen LogP) is 5.62. The van der Waals surface area contributed by atoms with Crippen molar-refractivity contribution >= 4 is 39.7 Å². The molecule has 32 heavy (non-hydrogen) atoms. The fraction of sp³-hybridized carbons (Fsp3) is 0.240. The van der Waals surface area contributed by atoms with Gasteiger partial charge in [-0.1, -0.05) is 23.7 Å². The Hall–Kier alpha value is -3.22. The number of benzene rings is 2. The van der Waals surface area contributed by atoms with Crippen molar-refractivity contribution < 1.29 is 4.74 Å². The Labute approximate surface area is 192 Å². The lowest BCUT2D eigenvalue weighted by Gasteiger charge is -2.28. The van der Waals surface area contributed by atoms with E-state index in [-0.39, 0.29) is 0 Å². The lowest BCUT2D eigenvalue weighted by Crippen LogP contribution is -2.24. The van der Waals surface area contributed by atoms with Crippen LogP contribution in [0.25, 0.3) is 22.2 Å². The Kier molecular flexibility index (Phi) is 5.64. The minimum Gasteiger partial charge on any atom is -0.377 e. The molecule has 1 aliphatic rings. The summed E-state index contributed by atoms with van der Waals surface area (Å²) in [5.74, 6) is 1.36. The number of nitrogens with one attached hydrogen (secondary N) is 1. The van der Waals surface area contributed by atoms with Gasteiger partial charge in [-0.2, -0.15) is 0 Å². The van der Waals surface area contributed by atoms with Crippen LogP contribution in [0.1, 0.15) is 17.8 Å². The van der Waals surface area contributed by atoms with E-state index in [9.17, 15) is 0 Å². The predicted molar refractivity (Wildman–Crippen MR) is 130 cm³/mol. The fourth-order valence-corrected chi connectivity index (χ4v) is 4.41. The standard InChI is InChI=1S/C25H24ClN5O/c1-31-12-4-5-16-7-9-18(14-22(16)31)28-25-19-10-8-17(24-20(26)6-3-11-27-24)13-21(19)29-23(30-25)15-32-2/h3,6-11,13-14H,4-5,12,15H2,1-2H3,(H,28,29,30). The molecule has 1 N–H and O–H groups in total. The van der Waals surface area contributed by atoms with Crippen LogP contribution in [-0.4, -0.2) is 35.7 Å². The summed E-state index contributed by atoms with van der Waals surface area (Å²) >= 11 is 6.37. The van der Waals surface area contributed by atoms with E-state index in [2.05, 4.69) is 40.4 Å². The lowest BCUT2D eigenvalue weighted by atomic mass is 10.0. The number of hydrogen-bond acceptors (Lipinski definition) is 6. The molecule has 0 amide bonds. The second-order valence-electron chi connectivity index (χ2n) is 7.98. The number of pyridine rings is 1. The van der Waals surface area contributed by atoms with E-state index in [4.69, 9.17) is 26.3 Å². The summed E-state index contributed by atoms with van der Waals surface area (Å²) < 4.78 is 5.31. The van der Waals surface area contributed by atoms with Gasteiger partial charge in [0.1, 0.15) is 12.4 Å². The number of anilines is 3. The first kappa shape index (κ1) is 20.7. The molecule has 0 spiro atoms. The first-order valence-electron chi connectivity index (χ1n) is 10.6. The highest BCUT2D eigenvalue weighted by atomic mass is 35.5. The summed E-state index contributed by atoms with van der Waals surface area (Å²) in [4.78, 5) is 16.2. The smallest absolute Gasteiger partial charge is 0.157 e. The second-order valence-corrected chi connectivity index (χ2v) is 8.39. The Morgan fingerprint density at radius 3 is 2.88 bits per heavy atom. The molecule has 0 saturated heterocycles. The molecule has 3 heterocycles. The number of nitrogens with zero attached hydrogens (tertiary/aromatic N) is 4. The number of aryl methyl sites for hydroxylation is 1. The summed E-state index contributed by atoms with van der Waals surface area (Å²) in [6.45, 7) is 1.40. The number of ether oxygens (including phenoxy) is 1. The van der Waals surface area contributed by atoms with E-state index in [0.717, 1.165) is 46.6 Å². The van der Waals surface area contributed by atoms with Gasteiger partial charge in [-0.15, -0.1) is 0 Å². The molecule has 7 heteroatoms. The highest BCUT2D eigenvalue weighted by Gasteiger charge is 2.16. The van der Waals surface area contributed by atoms with Gasteiger partial charge in [0.2, 0.25) is 0 Å². The maximum Gasteiger partial charge on any atom is 0.157 e. The van der Waals surface area contributed by atoms with E-state index < -0.39 is 0 Å². The number of fused-ring (bicyclic) bond motifs is 2. The largest absolute Gasteiger partial charge is 0.377 e. The van der Waals surface area contributed by atoms with Crippen molar-refractivity contribution in [2.75, 3.05) is 30.9 Å². The van der Waals surface area contributed by atoms with Gasteiger partial charge >= 0.3 is 0 Å². The number of rotatable bonds is 5. The van der Waals surface area contributed by atoms with Crippen molar-refractivity contribution in [2.45, 2.75) is 19.4 Å². The molecular formula is C25H24ClN5O. The summed E-state index contributed by atoms with van der Waals surface area (Å²) in [5, 5.41) is 5.04. The molecule has 0 aliphatic carbocycles. The third-order valence-corrected chi connectivity index (χ3v) is 6.05. The Morgan fingerprint density at radius 2 is 2.03 bits per heavy atom. The first-order chi connectivity index (χ1) is 15.6. The van der Waals surface area contributed by atoms with Crippen LogP contribution in [0.4, 0.5) is 17.2 Å². The lowest BCUT2D eigenvalue weighted by molar-refractivity contribution is 0.178. The topological polar surface area (TPSA) is 63.2 Å². The highest BCUT2D eigenvalue weighted by Crippen LogP contribution is 2.33. The maximum absolute atomic E-state index is 6.37. The van der Waals surface area contributed by atoms with Crippen LogP contribution >= 0.6 is 11.6 Å². The second kappa shape index (κ2) is 8.73. The highest BCUT2D eigenvalue weighted by molar-refractivity contribution is 6.33. The summed E-state index contributed by atoms with van der Waals surface area (Å²) in [5.41, 5.74) is 6.10. The SMILES string of the molecule is COCc1nc(Nc2ccc3c(c2)N(C)CCC3)c2ccc(-c3ncccc3Cl)cc2n1. The summed E-state index contributed by atoms with van der Waals surface area (Å²) in [6, 6.07) is 16.2. The Bertz CT molecular complexity index is 1290. The first-order valence-corrected chi connectivity index (χ1v) is 11.0. The van der Waals surface area contributed by atoms with Crippen molar-refractivity contribution in [1.82, 2.24) is 15.0 Å². The minimum atomic E-state index is 0.326. The fourth-order valence-electron chi connectivity index (χ4n) is 4.18. The molecule has 162 valence electrons. The molecule has 0 atom stereocenters. The molecule has 0 fully saturated rings. The molecule has 6 nitrogen and oxygen atoms in total. The van der Waals surface area contributed by atoms with Gasteiger partial charge in [-0.05, 0) is 54.8 Å². The average molecular weight is 446 g/mol. The van der Waals surface area contributed by atoms with Gasteiger partial charge in [-0.3, -0.25) is 4.98 Å². The van der Waals surface area contributed by atoms with Crippen molar-refractivity contribution in [3.63, 3.8) is 0 Å². The van der Waals surface area contributed by atoms with Crippen LogP contribution in [0.15, 0.2) is 54.7 Å². The molecule has 2 aromatic heterocycles. The van der Waals surface area contributed by atoms with Gasteiger partial charge in [0.15, 0.2) is 5.82 Å². The van der Waals surface area contributed by atoms with Crippen LogP contribution < -0.4 is 10.2 Å². The monoisotopic (exact) mass is 445 g/mol. The van der Waals surface area contributed by atoms with Gasteiger partial charge in [-0.25, -0.2) is 9.97 Å². The molecule has 0 radical (unpaired) electrons. The molecule has 4 aromatic rings. The zero-order chi connectivity index (χ0) is 22.1. The van der Waals surface area contributed by atoms with Crippen molar-refractivity contribution in [1.29, 1.82) is 0 Å². The van der Waals surface area contributed by atoms with Gasteiger partial charge in [0, 0.05) is 49.2 Å². The minimum absolute atomic E-state index is 0.326. The third kappa shape index (κ3) is 3.99. The molecule has 1 aliphatic heterocycles. The number of aromatic nitrogens is 3. The van der Waals surface area contributed by atoms with E-state index in [1.54, 1.807) is 13.3 Å². The Morgan fingerprint density at radius 1 is 1.12 bits per heavy atom. The maximum atomic E-state index is 6.37. The molecule has 0 unspecified atom stereocenters. The third-order valence-electron chi connectivity index (χ3n) is 5.75. The quantitative estimate of drug-likeness (QED) is 0.430. The van der Waals surface area contributed by atoms with Gasteiger partial charge in [0.05, 0.1) is 16.2 Å². The number of methoxy groups -OCH3 is 1. The molecule has 0 saturated carbocycles. The average Bonchev–Trinajstić information content (AvgIpc) is 2.80. The van der Waals surface area contributed by atoms with Crippen molar-refractivity contribution in [2.24, 2.45) is 0 Å². The van der Waals surface area contributed by atoms with Crippen molar-refractivity contribution in [3.8, 4) is 11.3 Å². The van der Waals surface area contributed by atoms with Crippen LogP contribution in [-0.2, 0) is 17.8 Å². The van der Waals surface area contributed by atoms with Crippen LogP contribution in [0.5, 0.6) is 0 Å². The molecule has 0 bridgehead atoms. The molecule has 5 rings (SSSR count). The molecular weight excluding hydrogens is 422 g/mol. The normalized spacial score (nSPS) is 13.3. The van der Waals surface area contributed by atoms with E-state index in [1.807, 2.05) is 30.3 Å². The van der Waals surface area contributed by atoms with Gasteiger partial charge < -0.3 is 15.0 Å². The number of halogens is 1. The van der Waals surface area contributed by atoms with Gasteiger partial charge in [0.25, 0.3) is 0 Å². The summed E-state index contributed by atoms with van der Waals surface area (Å²) in [6.07, 6.45) is 4.05. The van der Waals surface area contributed by atoms with Crippen molar-refractivity contribution in [3.05, 3.63) is 71.1 Å². The Balaban J connectivity index is 1.58. The summed E-state index contributed by atoms with van der Waals surface area (Å²) in [7, 11) is 3.78. The van der Waals surface area contributed by atoms with E-state index >= 15 is 0 Å². The van der Waals surface area contributed by atoms with Crippen LogP contribution in [0.3, 0.4) is 0 Å². The van der Waals surface area contributed by atoms with E-state index in [0.29, 0.717) is 17.5 Å². The van der Waals surface area contributed by atoms with Crippen LogP contribution in [0.2, 0.25) is 5.02 Å². The zero-order valence-electron chi connectivity index (χ0n) is 18.1.